The van der Waals surface area contributed by atoms with Gasteiger partial charge in [0.05, 0.1) is 18.2 Å². The van der Waals surface area contributed by atoms with Gasteiger partial charge in [-0.05, 0) is 31.0 Å². The summed E-state index contributed by atoms with van der Waals surface area (Å²) in [6.07, 6.45) is 1.47. The number of anilines is 1. The van der Waals surface area contributed by atoms with Crippen molar-refractivity contribution in [3.8, 4) is 5.75 Å². The van der Waals surface area contributed by atoms with Crippen molar-refractivity contribution in [2.45, 2.75) is 19.4 Å². The Bertz CT molecular complexity index is 904. The number of nitrogens with zero attached hydrogens (tertiary/aromatic N) is 2. The maximum Gasteiger partial charge on any atom is 0.324 e. The second-order valence-electron chi connectivity index (χ2n) is 7.34. The van der Waals surface area contributed by atoms with Gasteiger partial charge >= 0.3 is 6.03 Å². The van der Waals surface area contributed by atoms with Gasteiger partial charge in [0.1, 0.15) is 18.2 Å². The summed E-state index contributed by atoms with van der Waals surface area (Å²) >= 11 is 0. The van der Waals surface area contributed by atoms with Crippen molar-refractivity contribution in [1.82, 2.24) is 10.2 Å². The number of likely N-dealkylation sites (tertiary alicyclic amines) is 1. The Hall–Kier alpha value is -3.09. The van der Waals surface area contributed by atoms with Crippen LogP contribution in [-0.4, -0.2) is 43.1 Å². The molecule has 0 aliphatic carbocycles. The molecule has 0 spiro atoms. The number of fused-ring (bicyclic) bond motifs is 1. The smallest absolute Gasteiger partial charge is 0.324 e. The number of piperidine rings is 1. The normalized spacial score (nSPS) is 18.6. The van der Waals surface area contributed by atoms with Gasteiger partial charge in [0, 0.05) is 25.2 Å². The Morgan fingerprint density at radius 3 is 2.76 bits per heavy atom. The third kappa shape index (κ3) is 4.18. The zero-order chi connectivity index (χ0) is 20.2. The molecule has 2 aromatic carbocycles. The summed E-state index contributed by atoms with van der Waals surface area (Å²) in [5.74, 6) is -0.0774. The SMILES string of the molecule is O=C(NCc1ccccc1F)C1CCCN(C(=O)N2CCOc3ccccc32)C1. The standard InChI is InChI=1S/C22H24FN3O3/c23-18-8-2-1-6-16(18)14-24-21(27)17-7-5-11-25(15-17)22(28)26-12-13-29-20-10-4-3-9-19(20)26/h1-4,6,8-10,17H,5,7,11-15H2,(H,24,27). The second kappa shape index (κ2) is 8.51. The summed E-state index contributed by atoms with van der Waals surface area (Å²) in [6.45, 7) is 2.06. The second-order valence-corrected chi connectivity index (χ2v) is 7.34. The van der Waals surface area contributed by atoms with Crippen LogP contribution in [0.25, 0.3) is 0 Å². The quantitative estimate of drug-likeness (QED) is 0.865. The van der Waals surface area contributed by atoms with Gasteiger partial charge in [0.15, 0.2) is 0 Å². The molecule has 0 radical (unpaired) electrons. The summed E-state index contributed by atoms with van der Waals surface area (Å²) in [7, 11) is 0. The fourth-order valence-electron chi connectivity index (χ4n) is 3.87. The molecule has 2 heterocycles. The zero-order valence-electron chi connectivity index (χ0n) is 16.1. The molecule has 2 aromatic rings. The van der Waals surface area contributed by atoms with Crippen molar-refractivity contribution in [1.29, 1.82) is 0 Å². The Kier molecular flexibility index (Phi) is 5.64. The molecular weight excluding hydrogens is 373 g/mol. The number of carbonyl (C=O) groups excluding carboxylic acids is 2. The number of hydrogen-bond acceptors (Lipinski definition) is 3. The minimum Gasteiger partial charge on any atom is -0.490 e. The van der Waals surface area contributed by atoms with Crippen molar-refractivity contribution < 1.29 is 18.7 Å². The number of para-hydroxylation sites is 2. The van der Waals surface area contributed by atoms with E-state index in [0.717, 1.165) is 12.1 Å². The number of amides is 3. The van der Waals surface area contributed by atoms with E-state index in [1.165, 1.54) is 6.07 Å². The highest BCUT2D eigenvalue weighted by molar-refractivity contribution is 5.94. The first-order chi connectivity index (χ1) is 14.1. The number of carbonyl (C=O) groups is 2. The lowest BCUT2D eigenvalue weighted by Crippen LogP contribution is -2.52. The first-order valence-corrected chi connectivity index (χ1v) is 9.93. The molecule has 6 nitrogen and oxygen atoms in total. The fourth-order valence-corrected chi connectivity index (χ4v) is 3.87. The lowest BCUT2D eigenvalue weighted by Gasteiger charge is -2.37. The molecule has 1 saturated heterocycles. The van der Waals surface area contributed by atoms with Crippen molar-refractivity contribution in [3.05, 3.63) is 59.9 Å². The zero-order valence-corrected chi connectivity index (χ0v) is 16.1. The molecule has 1 N–H and O–H groups in total. The van der Waals surface area contributed by atoms with Gasteiger partial charge < -0.3 is 15.0 Å². The predicted molar refractivity (Wildman–Crippen MR) is 107 cm³/mol. The van der Waals surface area contributed by atoms with E-state index in [-0.39, 0.29) is 30.2 Å². The maximum absolute atomic E-state index is 13.8. The first kappa shape index (κ1) is 19.2. The summed E-state index contributed by atoms with van der Waals surface area (Å²) < 4.78 is 19.4. The van der Waals surface area contributed by atoms with Gasteiger partial charge in [0.2, 0.25) is 5.91 Å². The topological polar surface area (TPSA) is 61.9 Å². The van der Waals surface area contributed by atoms with Crippen LogP contribution in [0.3, 0.4) is 0 Å². The Morgan fingerprint density at radius 2 is 1.90 bits per heavy atom. The molecule has 1 unspecified atom stereocenters. The average molecular weight is 397 g/mol. The lowest BCUT2D eigenvalue weighted by atomic mass is 9.97. The van der Waals surface area contributed by atoms with Gasteiger partial charge in [-0.2, -0.15) is 0 Å². The fraction of sp³-hybridized carbons (Fsp3) is 0.364. The number of urea groups is 1. The highest BCUT2D eigenvalue weighted by Crippen LogP contribution is 2.32. The number of hydrogen-bond donors (Lipinski definition) is 1. The van der Waals surface area contributed by atoms with E-state index < -0.39 is 0 Å². The third-order valence-corrected chi connectivity index (χ3v) is 5.43. The van der Waals surface area contributed by atoms with Gasteiger partial charge in [-0.3, -0.25) is 9.69 Å². The molecule has 0 saturated carbocycles. The van der Waals surface area contributed by atoms with E-state index in [4.69, 9.17) is 4.74 Å². The van der Waals surface area contributed by atoms with Gasteiger partial charge in [-0.1, -0.05) is 30.3 Å². The van der Waals surface area contributed by atoms with Crippen LogP contribution in [0, 0.1) is 11.7 Å². The molecular formula is C22H24FN3O3. The molecule has 1 atom stereocenters. The van der Waals surface area contributed by atoms with Crippen LogP contribution in [0.1, 0.15) is 18.4 Å². The molecule has 0 bridgehead atoms. The van der Waals surface area contributed by atoms with Crippen LogP contribution in [0.15, 0.2) is 48.5 Å². The highest BCUT2D eigenvalue weighted by atomic mass is 19.1. The Morgan fingerprint density at radius 1 is 1.10 bits per heavy atom. The number of ether oxygens (including phenoxy) is 1. The van der Waals surface area contributed by atoms with Gasteiger partial charge in [-0.25, -0.2) is 9.18 Å². The first-order valence-electron chi connectivity index (χ1n) is 9.93. The largest absolute Gasteiger partial charge is 0.490 e. The van der Waals surface area contributed by atoms with E-state index in [0.29, 0.717) is 44.0 Å². The number of nitrogens with one attached hydrogen (secondary N) is 1. The Labute approximate surface area is 169 Å². The molecule has 29 heavy (non-hydrogen) atoms. The number of halogens is 1. The summed E-state index contributed by atoms with van der Waals surface area (Å²) in [6, 6.07) is 13.8. The number of rotatable bonds is 3. The van der Waals surface area contributed by atoms with Gasteiger partial charge in [0.25, 0.3) is 0 Å². The van der Waals surface area contributed by atoms with Crippen molar-refractivity contribution in [2.24, 2.45) is 5.92 Å². The lowest BCUT2D eigenvalue weighted by molar-refractivity contribution is -0.126. The predicted octanol–water partition coefficient (Wildman–Crippen LogP) is 3.17. The van der Waals surface area contributed by atoms with Crippen LogP contribution >= 0.6 is 0 Å². The minimum absolute atomic E-state index is 0.104. The van der Waals surface area contributed by atoms with Crippen LogP contribution in [0.4, 0.5) is 14.9 Å². The van der Waals surface area contributed by atoms with Crippen molar-refractivity contribution >= 4 is 17.6 Å². The maximum atomic E-state index is 13.8. The van der Waals surface area contributed by atoms with E-state index in [1.807, 2.05) is 24.3 Å². The van der Waals surface area contributed by atoms with Crippen LogP contribution in [0.5, 0.6) is 5.75 Å². The van der Waals surface area contributed by atoms with E-state index in [1.54, 1.807) is 28.0 Å². The van der Waals surface area contributed by atoms with Gasteiger partial charge in [-0.15, -0.1) is 0 Å². The molecule has 7 heteroatoms. The van der Waals surface area contributed by atoms with Crippen LogP contribution in [0.2, 0.25) is 0 Å². The minimum atomic E-state index is -0.334. The molecule has 3 amide bonds. The monoisotopic (exact) mass is 397 g/mol. The number of benzene rings is 2. The van der Waals surface area contributed by atoms with Crippen molar-refractivity contribution in [3.63, 3.8) is 0 Å². The summed E-state index contributed by atoms with van der Waals surface area (Å²) in [5.41, 5.74) is 1.21. The molecule has 4 rings (SSSR count). The molecule has 1 fully saturated rings. The molecule has 2 aliphatic rings. The van der Waals surface area contributed by atoms with E-state index >= 15 is 0 Å². The van der Waals surface area contributed by atoms with E-state index in [2.05, 4.69) is 5.32 Å². The highest BCUT2D eigenvalue weighted by Gasteiger charge is 2.33. The molecule has 0 aromatic heterocycles. The average Bonchev–Trinajstić information content (AvgIpc) is 2.77. The Balaban J connectivity index is 1.39. The summed E-state index contributed by atoms with van der Waals surface area (Å²) in [4.78, 5) is 29.2. The van der Waals surface area contributed by atoms with Crippen LogP contribution in [-0.2, 0) is 11.3 Å². The van der Waals surface area contributed by atoms with Crippen LogP contribution < -0.4 is 15.0 Å². The van der Waals surface area contributed by atoms with Crippen molar-refractivity contribution in [2.75, 3.05) is 31.1 Å². The molecule has 152 valence electrons. The van der Waals surface area contributed by atoms with E-state index in [9.17, 15) is 14.0 Å². The molecule has 2 aliphatic heterocycles. The third-order valence-electron chi connectivity index (χ3n) is 5.43. The summed E-state index contributed by atoms with van der Waals surface area (Å²) in [5, 5.41) is 2.81.